The zero-order valence-electron chi connectivity index (χ0n) is 10.3. The van der Waals surface area contributed by atoms with E-state index in [0.29, 0.717) is 11.7 Å². The van der Waals surface area contributed by atoms with Crippen molar-refractivity contribution < 1.29 is 0 Å². The number of piperidine rings is 1. The lowest BCUT2D eigenvalue weighted by Gasteiger charge is -2.30. The second-order valence-electron chi connectivity index (χ2n) is 4.63. The minimum Gasteiger partial charge on any atom is -0.382 e. The summed E-state index contributed by atoms with van der Waals surface area (Å²) in [5.41, 5.74) is 6.79. The number of hydrogen-bond acceptors (Lipinski definition) is 6. The molecule has 0 spiro atoms. The van der Waals surface area contributed by atoms with Gasteiger partial charge in [0.1, 0.15) is 11.6 Å². The van der Waals surface area contributed by atoms with Gasteiger partial charge in [-0.1, -0.05) is 0 Å². The van der Waals surface area contributed by atoms with E-state index in [0.717, 1.165) is 42.6 Å². The molecule has 96 valence electrons. The molecule has 6 nitrogen and oxygen atoms in total. The largest absolute Gasteiger partial charge is 0.382 e. The summed E-state index contributed by atoms with van der Waals surface area (Å²) < 4.78 is 4.23. The lowest BCUT2D eigenvalue weighted by atomic mass is 9.94. The Morgan fingerprint density at radius 1 is 1.44 bits per heavy atom. The number of rotatable bonds is 2. The highest BCUT2D eigenvalue weighted by Crippen LogP contribution is 2.30. The molecule has 1 saturated heterocycles. The molecular weight excluding hydrogens is 248 g/mol. The van der Waals surface area contributed by atoms with E-state index in [2.05, 4.69) is 24.5 Å². The number of nitrogens with zero attached hydrogens (tertiary/aromatic N) is 4. The first-order chi connectivity index (χ1) is 8.72. The number of aromatic nitrogens is 4. The molecule has 2 aromatic heterocycles. The van der Waals surface area contributed by atoms with Gasteiger partial charge in [-0.2, -0.15) is 9.47 Å². The predicted octanol–water partition coefficient (Wildman–Crippen LogP) is 1.54. The van der Waals surface area contributed by atoms with Gasteiger partial charge in [0.25, 0.3) is 0 Å². The van der Waals surface area contributed by atoms with Crippen molar-refractivity contribution in [2.24, 2.45) is 0 Å². The molecule has 0 saturated carbocycles. The number of nitrogen functional groups attached to an aromatic ring is 1. The van der Waals surface area contributed by atoms with Gasteiger partial charge in [-0.25, -0.2) is 4.98 Å². The van der Waals surface area contributed by atoms with Gasteiger partial charge in [-0.15, -0.1) is 0 Å². The summed E-state index contributed by atoms with van der Waals surface area (Å²) in [6, 6.07) is 1.94. The monoisotopic (exact) mass is 264 g/mol. The van der Waals surface area contributed by atoms with Gasteiger partial charge in [0.15, 0.2) is 0 Å². The molecule has 0 amide bonds. The Balaban J connectivity index is 1.64. The van der Waals surface area contributed by atoms with E-state index in [4.69, 9.17) is 5.73 Å². The fraction of sp³-hybridized carbons (Fsp3) is 0.545. The topological polar surface area (TPSA) is 83.7 Å². The first-order valence-electron chi connectivity index (χ1n) is 6.08. The number of aryl methyl sites for hydroxylation is 1. The van der Waals surface area contributed by atoms with Crippen molar-refractivity contribution in [3.8, 4) is 0 Å². The van der Waals surface area contributed by atoms with E-state index in [1.807, 2.05) is 13.0 Å². The number of H-pyrrole nitrogens is 1. The van der Waals surface area contributed by atoms with Crippen molar-refractivity contribution in [2.75, 3.05) is 23.7 Å². The van der Waals surface area contributed by atoms with E-state index in [1.165, 1.54) is 11.5 Å². The van der Waals surface area contributed by atoms with Gasteiger partial charge < -0.3 is 10.6 Å². The Morgan fingerprint density at radius 2 is 2.22 bits per heavy atom. The van der Waals surface area contributed by atoms with Gasteiger partial charge in [0.2, 0.25) is 5.13 Å². The maximum absolute atomic E-state index is 5.64. The molecule has 1 aliphatic rings. The zero-order valence-corrected chi connectivity index (χ0v) is 11.1. The van der Waals surface area contributed by atoms with Crippen molar-refractivity contribution in [3.63, 3.8) is 0 Å². The Bertz CT molecular complexity index is 477. The normalized spacial score (nSPS) is 17.3. The molecule has 0 radical (unpaired) electrons. The van der Waals surface area contributed by atoms with Crippen LogP contribution in [-0.2, 0) is 0 Å². The summed E-state index contributed by atoms with van der Waals surface area (Å²) in [5.74, 6) is 1.96. The third-order valence-electron chi connectivity index (χ3n) is 3.34. The average Bonchev–Trinajstić information content (AvgIpc) is 2.98. The van der Waals surface area contributed by atoms with Crippen molar-refractivity contribution in [1.29, 1.82) is 0 Å². The SMILES string of the molecule is Cc1nsc(N2CCC(c3cc(N)n[nH]3)CC2)n1. The molecule has 2 aromatic rings. The minimum atomic E-state index is 0.528. The van der Waals surface area contributed by atoms with Crippen molar-refractivity contribution >= 4 is 22.5 Å². The van der Waals surface area contributed by atoms with Crippen LogP contribution in [0.25, 0.3) is 0 Å². The van der Waals surface area contributed by atoms with Gasteiger partial charge >= 0.3 is 0 Å². The lowest BCUT2D eigenvalue weighted by molar-refractivity contribution is 0.495. The lowest BCUT2D eigenvalue weighted by Crippen LogP contribution is -2.32. The molecule has 18 heavy (non-hydrogen) atoms. The number of nitrogens with two attached hydrogens (primary N) is 1. The van der Waals surface area contributed by atoms with Crippen LogP contribution in [0, 0.1) is 6.92 Å². The maximum atomic E-state index is 5.64. The van der Waals surface area contributed by atoms with Crippen LogP contribution in [0.2, 0.25) is 0 Å². The summed E-state index contributed by atoms with van der Waals surface area (Å²) in [6.07, 6.45) is 2.19. The van der Waals surface area contributed by atoms with Crippen LogP contribution in [0.15, 0.2) is 6.07 Å². The quantitative estimate of drug-likeness (QED) is 0.859. The number of hydrogen-bond donors (Lipinski definition) is 2. The van der Waals surface area contributed by atoms with Crippen LogP contribution in [0.4, 0.5) is 10.9 Å². The first-order valence-corrected chi connectivity index (χ1v) is 6.86. The Morgan fingerprint density at radius 3 is 2.78 bits per heavy atom. The van der Waals surface area contributed by atoms with Gasteiger partial charge in [0, 0.05) is 42.3 Å². The van der Waals surface area contributed by atoms with Crippen molar-refractivity contribution in [1.82, 2.24) is 19.6 Å². The van der Waals surface area contributed by atoms with E-state index >= 15 is 0 Å². The molecular formula is C11H16N6S. The Labute approximate surface area is 109 Å². The molecule has 3 rings (SSSR count). The minimum absolute atomic E-state index is 0.528. The van der Waals surface area contributed by atoms with Crippen LogP contribution in [0.3, 0.4) is 0 Å². The summed E-state index contributed by atoms with van der Waals surface area (Å²) in [5, 5.41) is 8.04. The van der Waals surface area contributed by atoms with Crippen molar-refractivity contribution in [2.45, 2.75) is 25.7 Å². The second kappa shape index (κ2) is 4.56. The van der Waals surface area contributed by atoms with Crippen molar-refractivity contribution in [3.05, 3.63) is 17.6 Å². The standard InChI is InChI=1S/C11H16N6S/c1-7-13-11(18-16-7)17-4-2-8(3-5-17)9-6-10(12)15-14-9/h6,8H,2-5H2,1H3,(H3,12,14,15). The van der Waals surface area contributed by atoms with E-state index in [-0.39, 0.29) is 0 Å². The highest BCUT2D eigenvalue weighted by molar-refractivity contribution is 7.09. The summed E-state index contributed by atoms with van der Waals surface area (Å²) in [7, 11) is 0. The molecule has 1 aliphatic heterocycles. The highest BCUT2D eigenvalue weighted by Gasteiger charge is 2.23. The van der Waals surface area contributed by atoms with E-state index in [9.17, 15) is 0 Å². The molecule has 0 unspecified atom stereocenters. The fourth-order valence-corrected chi connectivity index (χ4v) is 3.08. The zero-order chi connectivity index (χ0) is 12.5. The molecule has 0 atom stereocenters. The number of anilines is 2. The van der Waals surface area contributed by atoms with E-state index < -0.39 is 0 Å². The Kier molecular flexibility index (Phi) is 2.91. The maximum Gasteiger partial charge on any atom is 0.205 e. The average molecular weight is 264 g/mol. The number of nitrogens with one attached hydrogen (secondary N) is 1. The van der Waals surface area contributed by atoms with Crippen LogP contribution in [-0.4, -0.2) is 32.6 Å². The van der Waals surface area contributed by atoms with Gasteiger partial charge in [-0.05, 0) is 19.8 Å². The van der Waals surface area contributed by atoms with Crippen LogP contribution >= 0.6 is 11.5 Å². The molecule has 3 heterocycles. The highest BCUT2D eigenvalue weighted by atomic mass is 32.1. The first kappa shape index (κ1) is 11.5. The summed E-state index contributed by atoms with van der Waals surface area (Å²) >= 11 is 1.48. The second-order valence-corrected chi connectivity index (χ2v) is 5.36. The molecule has 0 aromatic carbocycles. The van der Waals surface area contributed by atoms with Gasteiger partial charge in [0.05, 0.1) is 0 Å². The van der Waals surface area contributed by atoms with Crippen LogP contribution in [0.1, 0.15) is 30.3 Å². The smallest absolute Gasteiger partial charge is 0.205 e. The fourth-order valence-electron chi connectivity index (χ4n) is 2.36. The van der Waals surface area contributed by atoms with Gasteiger partial charge in [-0.3, -0.25) is 5.10 Å². The molecule has 7 heteroatoms. The van der Waals surface area contributed by atoms with Crippen LogP contribution in [0.5, 0.6) is 0 Å². The summed E-state index contributed by atoms with van der Waals surface area (Å²) in [6.45, 7) is 3.95. The van der Waals surface area contributed by atoms with Crippen LogP contribution < -0.4 is 10.6 Å². The van der Waals surface area contributed by atoms with E-state index in [1.54, 1.807) is 0 Å². The molecule has 0 bridgehead atoms. The molecule has 0 aliphatic carbocycles. The Hall–Kier alpha value is -1.63. The molecule has 1 fully saturated rings. The number of aromatic amines is 1. The predicted molar refractivity (Wildman–Crippen MR) is 71.8 cm³/mol. The third-order valence-corrected chi connectivity index (χ3v) is 4.21. The summed E-state index contributed by atoms with van der Waals surface area (Å²) in [4.78, 5) is 6.74. The molecule has 3 N–H and O–H groups in total. The third kappa shape index (κ3) is 2.17.